The summed E-state index contributed by atoms with van der Waals surface area (Å²) in [5.74, 6) is -0.437. The van der Waals surface area contributed by atoms with Crippen LogP contribution in [0.2, 0.25) is 0 Å². The van der Waals surface area contributed by atoms with Crippen molar-refractivity contribution in [3.63, 3.8) is 0 Å². The Kier molecular flexibility index (Phi) is 7.93. The van der Waals surface area contributed by atoms with Crippen LogP contribution in [0.1, 0.15) is 39.5 Å². The topological polar surface area (TPSA) is 87.7 Å². The number of halogens is 1. The lowest BCUT2D eigenvalue weighted by atomic mass is 9.78. The van der Waals surface area contributed by atoms with E-state index in [1.54, 1.807) is 0 Å². The molecular formula is C15H30ClN3O4S. The second-order valence-electron chi connectivity index (χ2n) is 7.15. The second kappa shape index (κ2) is 8.80. The molecule has 1 atom stereocenters. The van der Waals surface area contributed by atoms with E-state index in [1.165, 1.54) is 11.4 Å². The summed E-state index contributed by atoms with van der Waals surface area (Å²) in [6, 6.07) is 0.138. The van der Waals surface area contributed by atoms with E-state index in [2.05, 4.69) is 23.9 Å². The minimum absolute atomic E-state index is 0. The fraction of sp³-hybridized carbons (Fsp3) is 0.933. The number of hydrogen-bond donors (Lipinski definition) is 2. The van der Waals surface area contributed by atoms with Gasteiger partial charge in [-0.2, -0.15) is 12.7 Å². The van der Waals surface area contributed by atoms with Crippen molar-refractivity contribution in [2.75, 3.05) is 33.3 Å². The number of nitrogens with one attached hydrogen (secondary N) is 2. The number of carbonyl (C=O) groups is 1. The van der Waals surface area contributed by atoms with Crippen LogP contribution >= 0.6 is 12.4 Å². The van der Waals surface area contributed by atoms with Crippen molar-refractivity contribution >= 4 is 28.6 Å². The van der Waals surface area contributed by atoms with Crippen LogP contribution in [-0.4, -0.2) is 58.0 Å². The Morgan fingerprint density at radius 1 is 1.33 bits per heavy atom. The Morgan fingerprint density at radius 3 is 2.50 bits per heavy atom. The molecule has 0 aromatic rings. The van der Waals surface area contributed by atoms with E-state index in [0.29, 0.717) is 32.5 Å². The van der Waals surface area contributed by atoms with Gasteiger partial charge in [-0.25, -0.2) is 4.72 Å². The molecule has 7 nitrogen and oxygen atoms in total. The van der Waals surface area contributed by atoms with Crippen LogP contribution in [0.3, 0.4) is 0 Å². The molecule has 2 heterocycles. The summed E-state index contributed by atoms with van der Waals surface area (Å²) in [5.41, 5.74) is 0.0820. The van der Waals surface area contributed by atoms with Crippen molar-refractivity contribution in [2.24, 2.45) is 11.3 Å². The van der Waals surface area contributed by atoms with Gasteiger partial charge in [0.15, 0.2) is 0 Å². The van der Waals surface area contributed by atoms with E-state index >= 15 is 0 Å². The van der Waals surface area contributed by atoms with Crippen molar-refractivity contribution in [2.45, 2.75) is 45.6 Å². The Morgan fingerprint density at radius 2 is 1.96 bits per heavy atom. The van der Waals surface area contributed by atoms with Gasteiger partial charge < -0.3 is 10.1 Å². The van der Waals surface area contributed by atoms with Crippen LogP contribution in [0.5, 0.6) is 0 Å². The lowest BCUT2D eigenvalue weighted by Crippen LogP contribution is -2.55. The standard InChI is InChI=1S/C15H29N3O4S.ClH/c1-15(2)7-4-8-16-13(15)11-17-23(20,21)18-9-5-12(6-10-18)14(19)22-3;/h12-13,16-17H,4-11H2,1-3H3;1H. The van der Waals surface area contributed by atoms with E-state index in [9.17, 15) is 13.2 Å². The summed E-state index contributed by atoms with van der Waals surface area (Å²) in [7, 11) is -2.13. The largest absolute Gasteiger partial charge is 0.469 e. The van der Waals surface area contributed by atoms with Crippen molar-refractivity contribution in [1.29, 1.82) is 0 Å². The van der Waals surface area contributed by atoms with Crippen LogP contribution in [0, 0.1) is 11.3 Å². The molecule has 2 saturated heterocycles. The third kappa shape index (κ3) is 5.29. The van der Waals surface area contributed by atoms with Crippen LogP contribution in [0.4, 0.5) is 0 Å². The fourth-order valence-electron chi connectivity index (χ4n) is 3.40. The van der Waals surface area contributed by atoms with Crippen molar-refractivity contribution in [1.82, 2.24) is 14.3 Å². The fourth-order valence-corrected chi connectivity index (χ4v) is 4.65. The highest BCUT2D eigenvalue weighted by Gasteiger charge is 2.35. The first-order valence-corrected chi connectivity index (χ1v) is 9.76. The minimum Gasteiger partial charge on any atom is -0.469 e. The first kappa shape index (κ1) is 21.6. The lowest BCUT2D eigenvalue weighted by molar-refractivity contribution is -0.146. The van der Waals surface area contributed by atoms with Gasteiger partial charge in [-0.3, -0.25) is 4.79 Å². The molecule has 0 amide bonds. The lowest BCUT2D eigenvalue weighted by Gasteiger charge is -2.40. The molecule has 1 unspecified atom stereocenters. The van der Waals surface area contributed by atoms with Crippen molar-refractivity contribution in [3.05, 3.63) is 0 Å². The van der Waals surface area contributed by atoms with Gasteiger partial charge in [0.1, 0.15) is 0 Å². The summed E-state index contributed by atoms with van der Waals surface area (Å²) in [6.45, 7) is 6.37. The summed E-state index contributed by atoms with van der Waals surface area (Å²) in [5, 5.41) is 3.41. The molecule has 142 valence electrons. The number of esters is 1. The average Bonchev–Trinajstić information content (AvgIpc) is 2.53. The van der Waals surface area contributed by atoms with Crippen LogP contribution in [0.25, 0.3) is 0 Å². The van der Waals surface area contributed by atoms with Gasteiger partial charge in [0.25, 0.3) is 10.2 Å². The van der Waals surface area contributed by atoms with E-state index in [4.69, 9.17) is 4.74 Å². The molecule has 2 aliphatic rings. The molecule has 2 N–H and O–H groups in total. The highest BCUT2D eigenvalue weighted by Crippen LogP contribution is 2.29. The van der Waals surface area contributed by atoms with Gasteiger partial charge in [-0.15, -0.1) is 12.4 Å². The zero-order valence-corrected chi connectivity index (χ0v) is 16.3. The van der Waals surface area contributed by atoms with Gasteiger partial charge in [0.05, 0.1) is 13.0 Å². The number of rotatable bonds is 5. The molecule has 0 aromatic heterocycles. The molecular weight excluding hydrogens is 354 g/mol. The first-order valence-electron chi connectivity index (χ1n) is 8.32. The van der Waals surface area contributed by atoms with Crippen LogP contribution in [-0.2, 0) is 19.7 Å². The number of piperidine rings is 2. The predicted molar refractivity (Wildman–Crippen MR) is 95.3 cm³/mol. The van der Waals surface area contributed by atoms with E-state index in [-0.39, 0.29) is 35.8 Å². The zero-order chi connectivity index (χ0) is 17.1. The summed E-state index contributed by atoms with van der Waals surface area (Å²) >= 11 is 0. The van der Waals surface area contributed by atoms with Gasteiger partial charge in [0, 0.05) is 25.7 Å². The number of ether oxygens (including phenoxy) is 1. The highest BCUT2D eigenvalue weighted by atomic mass is 35.5. The Bertz CT molecular complexity index is 519. The Labute approximate surface area is 151 Å². The van der Waals surface area contributed by atoms with Crippen LogP contribution in [0.15, 0.2) is 0 Å². The van der Waals surface area contributed by atoms with E-state index in [0.717, 1.165) is 19.4 Å². The highest BCUT2D eigenvalue weighted by molar-refractivity contribution is 7.87. The molecule has 2 aliphatic heterocycles. The third-order valence-electron chi connectivity index (χ3n) is 5.13. The zero-order valence-electron chi connectivity index (χ0n) is 14.7. The maximum Gasteiger partial charge on any atom is 0.308 e. The SMILES string of the molecule is COC(=O)C1CCN(S(=O)(=O)NCC2NCCCC2(C)C)CC1.Cl. The molecule has 2 rings (SSSR count). The summed E-state index contributed by atoms with van der Waals surface area (Å²) < 4.78 is 33.8. The summed E-state index contributed by atoms with van der Waals surface area (Å²) in [4.78, 5) is 11.5. The number of nitrogens with zero attached hydrogens (tertiary/aromatic N) is 1. The van der Waals surface area contributed by atoms with Gasteiger partial charge >= 0.3 is 5.97 Å². The third-order valence-corrected chi connectivity index (χ3v) is 6.71. The molecule has 0 radical (unpaired) electrons. The molecule has 0 spiro atoms. The monoisotopic (exact) mass is 383 g/mol. The Balaban J connectivity index is 0.00000288. The maximum atomic E-state index is 12.5. The smallest absolute Gasteiger partial charge is 0.308 e. The van der Waals surface area contributed by atoms with E-state index in [1.807, 2.05) is 0 Å². The molecule has 0 bridgehead atoms. The average molecular weight is 384 g/mol. The van der Waals surface area contributed by atoms with Gasteiger partial charge in [-0.1, -0.05) is 13.8 Å². The molecule has 0 saturated carbocycles. The molecule has 2 fully saturated rings. The quantitative estimate of drug-likeness (QED) is 0.689. The second-order valence-corrected chi connectivity index (χ2v) is 8.90. The molecule has 9 heteroatoms. The van der Waals surface area contributed by atoms with Crippen molar-refractivity contribution in [3.8, 4) is 0 Å². The first-order chi connectivity index (χ1) is 10.8. The molecule has 0 aliphatic carbocycles. The minimum atomic E-state index is -3.50. The normalized spacial score (nSPS) is 25.7. The predicted octanol–water partition coefficient (Wildman–Crippen LogP) is 0.906. The number of hydrogen-bond acceptors (Lipinski definition) is 5. The van der Waals surface area contributed by atoms with Gasteiger partial charge in [-0.05, 0) is 37.6 Å². The molecule has 0 aromatic carbocycles. The van der Waals surface area contributed by atoms with Gasteiger partial charge in [0.2, 0.25) is 0 Å². The maximum absolute atomic E-state index is 12.5. The van der Waals surface area contributed by atoms with E-state index < -0.39 is 10.2 Å². The van der Waals surface area contributed by atoms with Crippen LogP contribution < -0.4 is 10.0 Å². The molecule has 24 heavy (non-hydrogen) atoms. The van der Waals surface area contributed by atoms with Crippen molar-refractivity contribution < 1.29 is 17.9 Å². The summed E-state index contributed by atoms with van der Waals surface area (Å²) in [6.07, 6.45) is 3.25. The number of carbonyl (C=O) groups excluding carboxylic acids is 1. The Hall–Kier alpha value is -0.410. The number of methoxy groups -OCH3 is 1.